The molecule has 0 aliphatic rings. The molecular formula is C25H21N3O. The van der Waals surface area contributed by atoms with Crippen molar-refractivity contribution in [2.75, 3.05) is 0 Å². The van der Waals surface area contributed by atoms with Gasteiger partial charge in [0.05, 0.1) is 0 Å². The first-order valence-corrected chi connectivity index (χ1v) is 9.73. The third-order valence-electron chi connectivity index (χ3n) is 4.97. The summed E-state index contributed by atoms with van der Waals surface area (Å²) in [7, 11) is 0. The largest absolute Gasteiger partial charge is 0.456 e. The Morgan fingerprint density at radius 1 is 0.621 bits per heavy atom. The predicted molar refractivity (Wildman–Crippen MR) is 117 cm³/mol. The molecule has 0 aliphatic carbocycles. The molecule has 0 saturated heterocycles. The van der Waals surface area contributed by atoms with Crippen LogP contribution in [0.5, 0.6) is 0 Å². The van der Waals surface area contributed by atoms with Crippen LogP contribution in [0.1, 0.15) is 26.6 Å². The molecule has 0 N–H and O–H groups in total. The van der Waals surface area contributed by atoms with Gasteiger partial charge in [-0.3, -0.25) is 0 Å². The SMILES string of the molecule is CC(C)(C)c1nc(-c2ccccc2)nc(-c2ccc3oc4ccccc4c3c2)n1. The molecule has 3 aromatic carbocycles. The molecule has 0 bridgehead atoms. The highest BCUT2D eigenvalue weighted by Crippen LogP contribution is 2.32. The van der Waals surface area contributed by atoms with Crippen molar-refractivity contribution >= 4 is 21.9 Å². The molecule has 5 rings (SSSR count). The molecule has 0 spiro atoms. The van der Waals surface area contributed by atoms with E-state index in [1.807, 2.05) is 60.7 Å². The number of furan rings is 1. The maximum atomic E-state index is 5.96. The lowest BCUT2D eigenvalue weighted by Crippen LogP contribution is -2.18. The number of nitrogens with zero attached hydrogens (tertiary/aromatic N) is 3. The quantitative estimate of drug-likeness (QED) is 0.356. The van der Waals surface area contributed by atoms with E-state index in [-0.39, 0.29) is 5.41 Å². The Bertz CT molecular complexity index is 1330. The Balaban J connectivity index is 1.73. The minimum atomic E-state index is -0.187. The van der Waals surface area contributed by atoms with Crippen molar-refractivity contribution in [1.29, 1.82) is 0 Å². The number of hydrogen-bond acceptors (Lipinski definition) is 4. The zero-order chi connectivity index (χ0) is 20.0. The number of fused-ring (bicyclic) bond motifs is 3. The number of aromatic nitrogens is 3. The maximum Gasteiger partial charge on any atom is 0.163 e. The molecule has 4 nitrogen and oxygen atoms in total. The second-order valence-corrected chi connectivity index (χ2v) is 8.23. The zero-order valence-electron chi connectivity index (χ0n) is 16.7. The van der Waals surface area contributed by atoms with Gasteiger partial charge in [-0.2, -0.15) is 0 Å². The molecule has 0 amide bonds. The van der Waals surface area contributed by atoms with Gasteiger partial charge in [-0.05, 0) is 24.3 Å². The van der Waals surface area contributed by atoms with Crippen LogP contribution in [0.4, 0.5) is 0 Å². The summed E-state index contributed by atoms with van der Waals surface area (Å²) in [5.74, 6) is 2.15. The predicted octanol–water partition coefficient (Wildman–Crippen LogP) is 6.40. The number of para-hydroxylation sites is 1. The molecule has 0 atom stereocenters. The molecule has 29 heavy (non-hydrogen) atoms. The van der Waals surface area contributed by atoms with Gasteiger partial charge in [0.2, 0.25) is 0 Å². The van der Waals surface area contributed by atoms with Gasteiger partial charge in [0, 0.05) is 27.3 Å². The second-order valence-electron chi connectivity index (χ2n) is 8.23. The van der Waals surface area contributed by atoms with Crippen LogP contribution in [-0.4, -0.2) is 15.0 Å². The van der Waals surface area contributed by atoms with Gasteiger partial charge in [0.15, 0.2) is 11.6 Å². The van der Waals surface area contributed by atoms with Crippen molar-refractivity contribution in [3.63, 3.8) is 0 Å². The average Bonchev–Trinajstić information content (AvgIpc) is 3.11. The number of rotatable bonds is 2. The van der Waals surface area contributed by atoms with E-state index in [4.69, 9.17) is 19.4 Å². The highest BCUT2D eigenvalue weighted by atomic mass is 16.3. The Hall–Kier alpha value is -3.53. The molecular weight excluding hydrogens is 358 g/mol. The van der Waals surface area contributed by atoms with Crippen LogP contribution in [-0.2, 0) is 5.41 Å². The van der Waals surface area contributed by atoms with E-state index in [0.717, 1.165) is 38.9 Å². The van der Waals surface area contributed by atoms with Gasteiger partial charge >= 0.3 is 0 Å². The molecule has 0 saturated carbocycles. The summed E-state index contributed by atoms with van der Waals surface area (Å²) < 4.78 is 5.96. The monoisotopic (exact) mass is 379 g/mol. The molecule has 0 unspecified atom stereocenters. The number of hydrogen-bond donors (Lipinski definition) is 0. The Labute approximate surface area is 169 Å². The average molecular weight is 379 g/mol. The second kappa shape index (κ2) is 6.52. The van der Waals surface area contributed by atoms with E-state index in [2.05, 4.69) is 32.9 Å². The highest BCUT2D eigenvalue weighted by Gasteiger charge is 2.21. The lowest BCUT2D eigenvalue weighted by atomic mass is 9.95. The fourth-order valence-electron chi connectivity index (χ4n) is 3.42. The van der Waals surface area contributed by atoms with Crippen LogP contribution in [0.15, 0.2) is 77.2 Å². The summed E-state index contributed by atoms with van der Waals surface area (Å²) in [4.78, 5) is 14.4. The topological polar surface area (TPSA) is 51.8 Å². The maximum absolute atomic E-state index is 5.96. The Morgan fingerprint density at radius 3 is 2.03 bits per heavy atom. The van der Waals surface area contributed by atoms with E-state index in [1.165, 1.54) is 0 Å². The van der Waals surface area contributed by atoms with Crippen molar-refractivity contribution in [1.82, 2.24) is 15.0 Å². The van der Waals surface area contributed by atoms with Crippen LogP contribution in [0.3, 0.4) is 0 Å². The van der Waals surface area contributed by atoms with E-state index >= 15 is 0 Å². The summed E-state index contributed by atoms with van der Waals surface area (Å²) in [6, 6.07) is 24.2. The molecule has 0 radical (unpaired) electrons. The fraction of sp³-hybridized carbons (Fsp3) is 0.160. The van der Waals surface area contributed by atoms with Crippen LogP contribution in [0, 0.1) is 0 Å². The Morgan fingerprint density at radius 2 is 1.28 bits per heavy atom. The summed E-state index contributed by atoms with van der Waals surface area (Å²) >= 11 is 0. The van der Waals surface area contributed by atoms with E-state index in [9.17, 15) is 0 Å². The van der Waals surface area contributed by atoms with Crippen molar-refractivity contribution in [2.24, 2.45) is 0 Å². The smallest absolute Gasteiger partial charge is 0.163 e. The van der Waals surface area contributed by atoms with Crippen LogP contribution in [0.2, 0.25) is 0 Å². The van der Waals surface area contributed by atoms with Crippen LogP contribution in [0.25, 0.3) is 44.7 Å². The van der Waals surface area contributed by atoms with Gasteiger partial charge < -0.3 is 4.42 Å². The molecule has 5 aromatic rings. The highest BCUT2D eigenvalue weighted by molar-refractivity contribution is 6.06. The van der Waals surface area contributed by atoms with Crippen molar-refractivity contribution in [3.05, 3.63) is 78.6 Å². The lowest BCUT2D eigenvalue weighted by molar-refractivity contribution is 0.543. The van der Waals surface area contributed by atoms with E-state index in [1.54, 1.807) is 0 Å². The molecule has 0 aliphatic heterocycles. The molecule has 4 heteroatoms. The zero-order valence-corrected chi connectivity index (χ0v) is 16.7. The fourth-order valence-corrected chi connectivity index (χ4v) is 3.42. The number of benzene rings is 3. The van der Waals surface area contributed by atoms with Gasteiger partial charge in [-0.1, -0.05) is 69.3 Å². The Kier molecular flexibility index (Phi) is 3.95. The molecule has 2 aromatic heterocycles. The van der Waals surface area contributed by atoms with E-state index in [0.29, 0.717) is 11.6 Å². The summed E-state index contributed by atoms with van der Waals surface area (Å²) in [5.41, 5.74) is 3.50. The first kappa shape index (κ1) is 17.6. The first-order chi connectivity index (χ1) is 14.0. The normalized spacial score (nSPS) is 12.0. The van der Waals surface area contributed by atoms with Crippen molar-refractivity contribution in [2.45, 2.75) is 26.2 Å². The van der Waals surface area contributed by atoms with Gasteiger partial charge in [-0.25, -0.2) is 15.0 Å². The van der Waals surface area contributed by atoms with Crippen LogP contribution >= 0.6 is 0 Å². The summed E-state index contributed by atoms with van der Waals surface area (Å²) in [6.07, 6.45) is 0. The summed E-state index contributed by atoms with van der Waals surface area (Å²) in [6.45, 7) is 6.36. The molecule has 142 valence electrons. The van der Waals surface area contributed by atoms with Crippen LogP contribution < -0.4 is 0 Å². The van der Waals surface area contributed by atoms with Crippen molar-refractivity contribution < 1.29 is 4.42 Å². The van der Waals surface area contributed by atoms with E-state index < -0.39 is 0 Å². The minimum Gasteiger partial charge on any atom is -0.456 e. The lowest BCUT2D eigenvalue weighted by Gasteiger charge is -2.18. The first-order valence-electron chi connectivity index (χ1n) is 9.73. The summed E-state index contributed by atoms with van der Waals surface area (Å²) in [5, 5.41) is 2.16. The minimum absolute atomic E-state index is 0.187. The van der Waals surface area contributed by atoms with Gasteiger partial charge in [-0.15, -0.1) is 0 Å². The third-order valence-corrected chi connectivity index (χ3v) is 4.97. The molecule has 0 fully saturated rings. The third kappa shape index (κ3) is 3.17. The molecule has 2 heterocycles. The standard InChI is InChI=1S/C25H21N3O/c1-25(2,3)24-27-22(16-9-5-4-6-10-16)26-23(28-24)17-13-14-21-19(15-17)18-11-7-8-12-20(18)29-21/h4-15H,1-3H3. The van der Waals surface area contributed by atoms with Gasteiger partial charge in [0.1, 0.15) is 17.0 Å². The van der Waals surface area contributed by atoms with Crippen molar-refractivity contribution in [3.8, 4) is 22.8 Å². The van der Waals surface area contributed by atoms with Gasteiger partial charge in [0.25, 0.3) is 0 Å².